The van der Waals surface area contributed by atoms with E-state index in [-0.39, 0.29) is 0 Å². The van der Waals surface area contributed by atoms with E-state index in [0.29, 0.717) is 0 Å². The highest BCUT2D eigenvalue weighted by Crippen LogP contribution is 1.98. The molecule has 0 bridgehead atoms. The lowest BCUT2D eigenvalue weighted by atomic mass is 10.2. The molecule has 0 unspecified atom stereocenters. The molecule has 0 radical (unpaired) electrons. The molecule has 0 saturated carbocycles. The Kier molecular flexibility index (Phi) is 3.24. The van der Waals surface area contributed by atoms with Gasteiger partial charge in [-0.1, -0.05) is 5.11 Å². The molecule has 0 aromatic carbocycles. The van der Waals surface area contributed by atoms with Gasteiger partial charge in [-0.3, -0.25) is 4.79 Å². The molecule has 6 heteroatoms. The zero-order valence-electron chi connectivity index (χ0n) is 5.30. The highest BCUT2D eigenvalue weighted by atomic mass is 16.4. The molecule has 56 valence electrons. The van der Waals surface area contributed by atoms with Crippen molar-refractivity contribution < 1.29 is 15.0 Å². The van der Waals surface area contributed by atoms with Gasteiger partial charge in [0.25, 0.3) is 0 Å². The van der Waals surface area contributed by atoms with Crippen LogP contribution in [0.3, 0.4) is 0 Å². The highest BCUT2D eigenvalue weighted by molar-refractivity contribution is 5.74. The van der Waals surface area contributed by atoms with Crippen LogP contribution in [0.15, 0.2) is 5.11 Å². The fourth-order valence-electron chi connectivity index (χ4n) is 0.408. The zero-order chi connectivity index (χ0) is 8.15. The number of carboxylic acids is 1. The van der Waals surface area contributed by atoms with Crippen molar-refractivity contribution in [3.8, 4) is 0 Å². The van der Waals surface area contributed by atoms with E-state index < -0.39 is 18.1 Å². The second-order valence-corrected chi connectivity index (χ2v) is 1.73. The van der Waals surface area contributed by atoms with E-state index in [1.807, 2.05) is 0 Å². The molecule has 0 heterocycles. The molecular formula is C4H7N3O3. The molecule has 0 aliphatic rings. The third-order valence-corrected chi connectivity index (χ3v) is 0.886. The minimum Gasteiger partial charge on any atom is -0.481 e. The number of aliphatic hydroxyl groups excluding tert-OH is 1. The standard InChI is InChI=1S/C4H7N3O3/c1-2(8)3(4(9)10)6-7-5/h2-3,8H,1H3,(H,9,10)/t2-,3-/m1/s1. The van der Waals surface area contributed by atoms with Gasteiger partial charge in [-0.25, -0.2) is 0 Å². The summed E-state index contributed by atoms with van der Waals surface area (Å²) in [4.78, 5) is 12.4. The predicted molar refractivity (Wildman–Crippen MR) is 32.3 cm³/mol. The number of carbonyl (C=O) groups is 1. The lowest BCUT2D eigenvalue weighted by Crippen LogP contribution is -2.29. The van der Waals surface area contributed by atoms with Crippen LogP contribution in [0.2, 0.25) is 0 Å². The molecule has 0 aromatic heterocycles. The second kappa shape index (κ2) is 3.71. The molecule has 0 saturated heterocycles. The number of rotatable bonds is 3. The number of hydrogen-bond donors (Lipinski definition) is 2. The Hall–Kier alpha value is -1.26. The Bertz CT molecular complexity index is 171. The van der Waals surface area contributed by atoms with Crippen LogP contribution in [-0.4, -0.2) is 28.3 Å². The van der Waals surface area contributed by atoms with Crippen LogP contribution < -0.4 is 0 Å². The molecular weight excluding hydrogens is 138 g/mol. The Morgan fingerprint density at radius 1 is 1.80 bits per heavy atom. The van der Waals surface area contributed by atoms with Crippen LogP contribution in [0.1, 0.15) is 6.92 Å². The summed E-state index contributed by atoms with van der Waals surface area (Å²) in [5, 5.41) is 19.8. The van der Waals surface area contributed by atoms with E-state index in [9.17, 15) is 4.79 Å². The van der Waals surface area contributed by atoms with Crippen LogP contribution in [0.4, 0.5) is 0 Å². The summed E-state index contributed by atoms with van der Waals surface area (Å²) in [6.45, 7) is 1.24. The smallest absolute Gasteiger partial charge is 0.315 e. The van der Waals surface area contributed by atoms with Crippen molar-refractivity contribution in [3.05, 3.63) is 10.4 Å². The zero-order valence-corrected chi connectivity index (χ0v) is 5.30. The highest BCUT2D eigenvalue weighted by Gasteiger charge is 2.20. The second-order valence-electron chi connectivity index (χ2n) is 1.73. The van der Waals surface area contributed by atoms with Gasteiger partial charge in [0.2, 0.25) is 0 Å². The third-order valence-electron chi connectivity index (χ3n) is 0.886. The van der Waals surface area contributed by atoms with E-state index in [1.165, 1.54) is 6.92 Å². The summed E-state index contributed by atoms with van der Waals surface area (Å²) in [5.41, 5.74) is 7.82. The van der Waals surface area contributed by atoms with E-state index in [2.05, 4.69) is 10.0 Å². The minimum atomic E-state index is -1.38. The quantitative estimate of drug-likeness (QED) is 0.334. The van der Waals surface area contributed by atoms with Gasteiger partial charge >= 0.3 is 5.97 Å². The minimum absolute atomic E-state index is 1.16. The normalized spacial score (nSPS) is 15.0. The van der Waals surface area contributed by atoms with Gasteiger partial charge < -0.3 is 10.2 Å². The van der Waals surface area contributed by atoms with Crippen LogP contribution in [0.5, 0.6) is 0 Å². The van der Waals surface area contributed by atoms with E-state index in [0.717, 1.165) is 0 Å². The Morgan fingerprint density at radius 2 is 2.30 bits per heavy atom. The van der Waals surface area contributed by atoms with E-state index >= 15 is 0 Å². The summed E-state index contributed by atoms with van der Waals surface area (Å²) in [5.74, 6) is -1.33. The van der Waals surface area contributed by atoms with E-state index in [1.54, 1.807) is 0 Å². The van der Waals surface area contributed by atoms with Crippen molar-refractivity contribution >= 4 is 5.97 Å². The molecule has 6 nitrogen and oxygen atoms in total. The molecule has 0 spiro atoms. The number of azide groups is 1. The Morgan fingerprint density at radius 3 is 2.40 bits per heavy atom. The van der Waals surface area contributed by atoms with Gasteiger partial charge in [0, 0.05) is 4.91 Å². The van der Waals surface area contributed by atoms with Gasteiger partial charge in [0.05, 0.1) is 6.10 Å². The summed E-state index contributed by atoms with van der Waals surface area (Å²) in [6, 6.07) is -1.38. The largest absolute Gasteiger partial charge is 0.481 e. The number of aliphatic hydroxyl groups is 1. The van der Waals surface area contributed by atoms with Gasteiger partial charge in [0.15, 0.2) is 6.04 Å². The number of nitrogens with zero attached hydrogens (tertiary/aromatic N) is 3. The van der Waals surface area contributed by atoms with Gasteiger partial charge in [-0.2, -0.15) is 0 Å². The topological polar surface area (TPSA) is 106 Å². The first-order valence-corrected chi connectivity index (χ1v) is 2.54. The summed E-state index contributed by atoms with van der Waals surface area (Å²) in [6.07, 6.45) is -1.16. The van der Waals surface area contributed by atoms with Crippen LogP contribution in [-0.2, 0) is 4.79 Å². The van der Waals surface area contributed by atoms with Gasteiger partial charge in [0.1, 0.15) is 0 Å². The van der Waals surface area contributed by atoms with E-state index in [4.69, 9.17) is 15.7 Å². The first-order valence-electron chi connectivity index (χ1n) is 2.54. The molecule has 0 fully saturated rings. The van der Waals surface area contributed by atoms with Crippen LogP contribution in [0.25, 0.3) is 10.4 Å². The predicted octanol–water partition coefficient (Wildman–Crippen LogP) is 0.131. The molecule has 10 heavy (non-hydrogen) atoms. The fourth-order valence-corrected chi connectivity index (χ4v) is 0.408. The summed E-state index contributed by atoms with van der Waals surface area (Å²) < 4.78 is 0. The first kappa shape index (κ1) is 8.74. The van der Waals surface area contributed by atoms with Crippen molar-refractivity contribution in [3.63, 3.8) is 0 Å². The monoisotopic (exact) mass is 145 g/mol. The lowest BCUT2D eigenvalue weighted by Gasteiger charge is -2.06. The molecule has 0 rings (SSSR count). The maximum Gasteiger partial charge on any atom is 0.315 e. The molecule has 2 N–H and O–H groups in total. The van der Waals surface area contributed by atoms with Gasteiger partial charge in [-0.05, 0) is 12.5 Å². The molecule has 2 atom stereocenters. The van der Waals surface area contributed by atoms with Crippen molar-refractivity contribution in [2.45, 2.75) is 19.1 Å². The Balaban J connectivity index is 4.26. The average molecular weight is 145 g/mol. The maximum absolute atomic E-state index is 10.1. The lowest BCUT2D eigenvalue weighted by molar-refractivity contribution is -0.140. The van der Waals surface area contributed by atoms with Crippen LogP contribution >= 0.6 is 0 Å². The van der Waals surface area contributed by atoms with Gasteiger partial charge in [-0.15, -0.1) is 0 Å². The molecule has 0 aliphatic heterocycles. The van der Waals surface area contributed by atoms with Crippen molar-refractivity contribution in [1.29, 1.82) is 0 Å². The van der Waals surface area contributed by atoms with Crippen molar-refractivity contribution in [2.24, 2.45) is 5.11 Å². The average Bonchev–Trinajstić information content (AvgIpc) is 1.81. The van der Waals surface area contributed by atoms with Crippen LogP contribution in [0, 0.1) is 0 Å². The SMILES string of the molecule is C[C@@H](O)[C@@H](N=[N+]=[N-])C(=O)O. The van der Waals surface area contributed by atoms with Crippen molar-refractivity contribution in [2.75, 3.05) is 0 Å². The first-order chi connectivity index (χ1) is 4.59. The molecule has 0 aliphatic carbocycles. The molecule has 0 amide bonds. The Labute approximate surface area is 56.7 Å². The number of aliphatic carboxylic acids is 1. The third kappa shape index (κ3) is 2.34. The summed E-state index contributed by atoms with van der Waals surface area (Å²) >= 11 is 0. The number of carboxylic acid groups (broad SMARTS) is 1. The number of hydrogen-bond acceptors (Lipinski definition) is 3. The maximum atomic E-state index is 10.1. The fraction of sp³-hybridized carbons (Fsp3) is 0.750. The van der Waals surface area contributed by atoms with Crippen molar-refractivity contribution in [1.82, 2.24) is 0 Å². The summed E-state index contributed by atoms with van der Waals surface area (Å²) in [7, 11) is 0. The molecule has 0 aromatic rings.